The highest BCUT2D eigenvalue weighted by Gasteiger charge is 2.39. The van der Waals surface area contributed by atoms with E-state index in [0.29, 0.717) is 24.9 Å². The molecule has 1 saturated heterocycles. The first-order valence-electron chi connectivity index (χ1n) is 10.5. The molecule has 2 atom stereocenters. The number of carbonyl (C=O) groups excluding carboxylic acids is 1. The van der Waals surface area contributed by atoms with Gasteiger partial charge >= 0.3 is 0 Å². The minimum absolute atomic E-state index is 0.0208. The summed E-state index contributed by atoms with van der Waals surface area (Å²) in [6.45, 7) is 5.81. The smallest absolute Gasteiger partial charge is 0.297 e. The van der Waals surface area contributed by atoms with Crippen molar-refractivity contribution >= 4 is 16.0 Å². The van der Waals surface area contributed by atoms with Gasteiger partial charge in [-0.15, -0.1) is 6.58 Å². The van der Waals surface area contributed by atoms with Crippen molar-refractivity contribution in [2.45, 2.75) is 43.5 Å². The van der Waals surface area contributed by atoms with E-state index in [9.17, 15) is 18.3 Å². The number of aromatic hydroxyl groups is 1. The minimum atomic E-state index is -4.05. The molecular formula is C24H29NO5S. The number of phenols is 1. The topological polar surface area (TPSA) is 83.9 Å². The lowest BCUT2D eigenvalue weighted by atomic mass is 10.0. The van der Waals surface area contributed by atoms with E-state index in [1.54, 1.807) is 17.9 Å². The number of phenolic OH excluding ortho intramolecular Hbond substituents is 1. The highest BCUT2D eigenvalue weighted by molar-refractivity contribution is 7.86. The van der Waals surface area contributed by atoms with Crippen molar-refractivity contribution in [2.75, 3.05) is 13.2 Å². The van der Waals surface area contributed by atoms with Gasteiger partial charge in [0.2, 0.25) is 5.91 Å². The number of aryl methyl sites for hydroxylation is 2. The van der Waals surface area contributed by atoms with Crippen LogP contribution in [0.5, 0.6) is 5.75 Å². The van der Waals surface area contributed by atoms with Crippen molar-refractivity contribution in [3.8, 4) is 5.75 Å². The molecule has 0 radical (unpaired) electrons. The van der Waals surface area contributed by atoms with Gasteiger partial charge in [-0.3, -0.25) is 8.98 Å². The van der Waals surface area contributed by atoms with E-state index in [2.05, 4.69) is 18.7 Å². The SMILES string of the molecule is C=CC[C@@H]1C[C@@H](COS(=O)(=O)c2cc(O)ccc2C)N(CCCc2ccccc2)C1=O. The number of amides is 1. The highest BCUT2D eigenvalue weighted by atomic mass is 32.2. The second-order valence-corrected chi connectivity index (χ2v) is 9.50. The average molecular weight is 444 g/mol. The molecule has 1 amide bonds. The Morgan fingerprint density at radius 3 is 2.68 bits per heavy atom. The van der Waals surface area contributed by atoms with E-state index >= 15 is 0 Å². The predicted molar refractivity (Wildman–Crippen MR) is 119 cm³/mol. The number of rotatable bonds is 10. The predicted octanol–water partition coefficient (Wildman–Crippen LogP) is 3.83. The second kappa shape index (κ2) is 10.1. The molecule has 7 heteroatoms. The van der Waals surface area contributed by atoms with Gasteiger partial charge in [0.15, 0.2) is 0 Å². The number of hydrogen-bond acceptors (Lipinski definition) is 5. The molecule has 31 heavy (non-hydrogen) atoms. The summed E-state index contributed by atoms with van der Waals surface area (Å²) in [5.41, 5.74) is 1.69. The van der Waals surface area contributed by atoms with E-state index in [1.807, 2.05) is 18.2 Å². The number of likely N-dealkylation sites (tertiary alicyclic amines) is 1. The van der Waals surface area contributed by atoms with Crippen LogP contribution >= 0.6 is 0 Å². The molecule has 0 bridgehead atoms. The maximum Gasteiger partial charge on any atom is 0.297 e. The molecule has 0 saturated carbocycles. The Balaban J connectivity index is 1.68. The summed E-state index contributed by atoms with van der Waals surface area (Å²) >= 11 is 0. The molecule has 166 valence electrons. The molecule has 1 fully saturated rings. The fourth-order valence-electron chi connectivity index (χ4n) is 4.01. The van der Waals surface area contributed by atoms with Crippen LogP contribution in [0.3, 0.4) is 0 Å². The lowest BCUT2D eigenvalue weighted by Gasteiger charge is -2.24. The third-order valence-corrected chi connectivity index (χ3v) is 7.07. The first-order valence-corrected chi connectivity index (χ1v) is 11.9. The normalized spacial score (nSPS) is 19.0. The second-order valence-electron chi connectivity index (χ2n) is 7.92. The first kappa shape index (κ1) is 23.0. The maximum absolute atomic E-state index is 12.9. The molecular weight excluding hydrogens is 414 g/mol. The molecule has 0 spiro atoms. The third-order valence-electron chi connectivity index (χ3n) is 5.64. The van der Waals surface area contributed by atoms with E-state index in [1.165, 1.54) is 23.8 Å². The van der Waals surface area contributed by atoms with Gasteiger partial charge in [0.25, 0.3) is 10.1 Å². The number of allylic oxidation sites excluding steroid dienone is 1. The van der Waals surface area contributed by atoms with Crippen LogP contribution < -0.4 is 0 Å². The zero-order chi connectivity index (χ0) is 22.4. The molecule has 0 unspecified atom stereocenters. The maximum atomic E-state index is 12.9. The Kier molecular flexibility index (Phi) is 7.51. The van der Waals surface area contributed by atoms with Crippen molar-refractivity contribution in [1.29, 1.82) is 0 Å². The van der Waals surface area contributed by atoms with Crippen molar-refractivity contribution in [3.05, 3.63) is 72.3 Å². The van der Waals surface area contributed by atoms with Gasteiger partial charge in [-0.25, -0.2) is 0 Å². The van der Waals surface area contributed by atoms with Gasteiger partial charge in [0, 0.05) is 18.5 Å². The molecule has 1 N–H and O–H groups in total. The van der Waals surface area contributed by atoms with E-state index in [4.69, 9.17) is 4.18 Å². The summed E-state index contributed by atoms with van der Waals surface area (Å²) in [4.78, 5) is 14.6. The van der Waals surface area contributed by atoms with Crippen LogP contribution in [0.4, 0.5) is 0 Å². The lowest BCUT2D eigenvalue weighted by molar-refractivity contribution is -0.132. The van der Waals surface area contributed by atoms with Crippen LogP contribution in [0, 0.1) is 12.8 Å². The lowest BCUT2D eigenvalue weighted by Crippen LogP contribution is -2.38. The Hall–Kier alpha value is -2.64. The summed E-state index contributed by atoms with van der Waals surface area (Å²) in [6, 6.07) is 13.9. The molecule has 1 heterocycles. The van der Waals surface area contributed by atoms with Gasteiger partial charge in [0.05, 0.1) is 12.6 Å². The van der Waals surface area contributed by atoms with Gasteiger partial charge in [-0.1, -0.05) is 42.5 Å². The monoisotopic (exact) mass is 443 g/mol. The summed E-state index contributed by atoms with van der Waals surface area (Å²) in [7, 11) is -4.05. The highest BCUT2D eigenvalue weighted by Crippen LogP contribution is 2.30. The average Bonchev–Trinajstić information content (AvgIpc) is 3.04. The Bertz CT molecular complexity index is 1020. The summed E-state index contributed by atoms with van der Waals surface area (Å²) < 4.78 is 30.8. The largest absolute Gasteiger partial charge is 0.508 e. The van der Waals surface area contributed by atoms with Crippen LogP contribution in [0.1, 0.15) is 30.4 Å². The Morgan fingerprint density at radius 2 is 1.97 bits per heavy atom. The van der Waals surface area contributed by atoms with Crippen molar-refractivity contribution in [1.82, 2.24) is 4.90 Å². The van der Waals surface area contributed by atoms with E-state index in [-0.39, 0.29) is 35.1 Å². The van der Waals surface area contributed by atoms with Crippen LogP contribution in [0.2, 0.25) is 0 Å². The Morgan fingerprint density at radius 1 is 1.23 bits per heavy atom. The van der Waals surface area contributed by atoms with Gasteiger partial charge in [-0.2, -0.15) is 8.42 Å². The number of nitrogens with zero attached hydrogens (tertiary/aromatic N) is 1. The van der Waals surface area contributed by atoms with Crippen molar-refractivity contribution < 1.29 is 22.5 Å². The molecule has 3 rings (SSSR count). The summed E-state index contributed by atoms with van der Waals surface area (Å²) in [5.74, 6) is -0.321. The van der Waals surface area contributed by atoms with Gasteiger partial charge in [0.1, 0.15) is 10.6 Å². The van der Waals surface area contributed by atoms with Crippen LogP contribution in [0.15, 0.2) is 66.1 Å². The van der Waals surface area contributed by atoms with E-state index in [0.717, 1.165) is 12.8 Å². The van der Waals surface area contributed by atoms with Crippen LogP contribution in [-0.2, 0) is 25.5 Å². The van der Waals surface area contributed by atoms with Gasteiger partial charge < -0.3 is 10.0 Å². The van der Waals surface area contributed by atoms with Crippen LogP contribution in [0.25, 0.3) is 0 Å². The molecule has 1 aliphatic heterocycles. The zero-order valence-corrected chi connectivity index (χ0v) is 18.6. The minimum Gasteiger partial charge on any atom is -0.508 e. The molecule has 1 aliphatic rings. The fraction of sp³-hybridized carbons (Fsp3) is 0.375. The molecule has 2 aromatic carbocycles. The van der Waals surface area contributed by atoms with Crippen LogP contribution in [-0.4, -0.2) is 43.5 Å². The summed E-state index contributed by atoms with van der Waals surface area (Å²) in [6.07, 6.45) is 4.44. The van der Waals surface area contributed by atoms with E-state index < -0.39 is 10.1 Å². The van der Waals surface area contributed by atoms with Gasteiger partial charge in [-0.05, 0) is 49.8 Å². The molecule has 0 aromatic heterocycles. The van der Waals surface area contributed by atoms with Crippen molar-refractivity contribution in [2.24, 2.45) is 5.92 Å². The first-order chi connectivity index (χ1) is 14.8. The Labute approximate surface area is 184 Å². The number of hydrogen-bond donors (Lipinski definition) is 1. The third kappa shape index (κ3) is 5.74. The molecule has 6 nitrogen and oxygen atoms in total. The zero-order valence-electron chi connectivity index (χ0n) is 17.7. The summed E-state index contributed by atoms with van der Waals surface area (Å²) in [5, 5.41) is 9.66. The fourth-order valence-corrected chi connectivity index (χ4v) is 5.20. The number of carbonyl (C=O) groups is 1. The number of benzene rings is 2. The van der Waals surface area contributed by atoms with Crippen molar-refractivity contribution in [3.63, 3.8) is 0 Å². The molecule has 0 aliphatic carbocycles. The molecule has 2 aromatic rings. The quantitative estimate of drug-likeness (QED) is 0.446. The standard InChI is InChI=1S/C24H29NO5S/c1-3-8-20-15-21(17-30-31(28,29)23-16-22(26)13-12-18(23)2)25(24(20)27)14-7-11-19-9-5-4-6-10-19/h3-6,9-10,12-13,16,20-21,26H,1,7-8,11,14-15,17H2,2H3/t20-,21+/m1/s1.